The average Bonchev–Trinajstić information content (AvgIpc) is 2.37. The molecule has 0 saturated carbocycles. The van der Waals surface area contributed by atoms with Gasteiger partial charge in [-0.25, -0.2) is 0 Å². The van der Waals surface area contributed by atoms with Crippen LogP contribution in [0, 0.1) is 0 Å². The van der Waals surface area contributed by atoms with Crippen LogP contribution in [0.4, 0.5) is 31.0 Å². The summed E-state index contributed by atoms with van der Waals surface area (Å²) in [5.41, 5.74) is 5.57. The summed E-state index contributed by atoms with van der Waals surface area (Å²) in [6.07, 6.45) is -1.91. The average molecular weight is 290 g/mol. The highest BCUT2D eigenvalue weighted by atomic mass is 19.4. The van der Waals surface area contributed by atoms with E-state index < -0.39 is 12.6 Å². The van der Waals surface area contributed by atoms with E-state index in [9.17, 15) is 13.2 Å². The minimum atomic E-state index is -4.21. The van der Waals surface area contributed by atoms with Crippen LogP contribution in [0.15, 0.2) is 0 Å². The number of nitrogens with two attached hydrogens (primary N) is 1. The van der Waals surface area contributed by atoms with Crippen LogP contribution in [0.2, 0.25) is 0 Å². The Bertz CT molecular complexity index is 444. The second kappa shape index (κ2) is 6.10. The van der Waals surface area contributed by atoms with Crippen molar-refractivity contribution in [2.24, 2.45) is 0 Å². The molecule has 0 radical (unpaired) electrons. The molecule has 1 aromatic heterocycles. The zero-order chi connectivity index (χ0) is 14.6. The third-order valence-corrected chi connectivity index (χ3v) is 2.97. The normalized spacial score (nSPS) is 16.2. The maximum Gasteiger partial charge on any atom is 0.390 e. The molecule has 1 fully saturated rings. The van der Waals surface area contributed by atoms with Gasteiger partial charge in [0.2, 0.25) is 17.8 Å². The topological polar surface area (TPSA) is 80.0 Å². The predicted molar refractivity (Wildman–Crippen MR) is 69.5 cm³/mol. The Kier molecular flexibility index (Phi) is 4.46. The van der Waals surface area contributed by atoms with E-state index in [-0.39, 0.29) is 18.4 Å². The summed E-state index contributed by atoms with van der Waals surface area (Å²) in [5, 5.41) is 2.53. The SMILES string of the molecule is Nc1nc(NCCC(F)(F)F)nc(N2CCCCC2)n1. The van der Waals surface area contributed by atoms with Gasteiger partial charge in [-0.3, -0.25) is 0 Å². The fourth-order valence-electron chi connectivity index (χ4n) is 2.01. The summed E-state index contributed by atoms with van der Waals surface area (Å²) in [6.45, 7) is 1.36. The molecule has 1 aliphatic rings. The highest BCUT2D eigenvalue weighted by Crippen LogP contribution is 2.20. The summed E-state index contributed by atoms with van der Waals surface area (Å²) >= 11 is 0. The molecule has 1 aromatic rings. The minimum Gasteiger partial charge on any atom is -0.368 e. The van der Waals surface area contributed by atoms with E-state index in [1.165, 1.54) is 0 Å². The first kappa shape index (κ1) is 14.6. The van der Waals surface area contributed by atoms with Gasteiger partial charge in [0.15, 0.2) is 0 Å². The zero-order valence-electron chi connectivity index (χ0n) is 10.9. The maximum atomic E-state index is 12.1. The van der Waals surface area contributed by atoms with Gasteiger partial charge in [0.05, 0.1) is 6.42 Å². The molecule has 9 heteroatoms. The number of anilines is 3. The maximum absolute atomic E-state index is 12.1. The van der Waals surface area contributed by atoms with Crippen molar-refractivity contribution < 1.29 is 13.2 Å². The lowest BCUT2D eigenvalue weighted by molar-refractivity contribution is -0.131. The summed E-state index contributed by atoms with van der Waals surface area (Å²) in [7, 11) is 0. The molecule has 3 N–H and O–H groups in total. The van der Waals surface area contributed by atoms with Gasteiger partial charge in [-0.15, -0.1) is 0 Å². The molecule has 0 aliphatic carbocycles. The van der Waals surface area contributed by atoms with E-state index in [4.69, 9.17) is 5.73 Å². The fraction of sp³-hybridized carbons (Fsp3) is 0.727. The molecule has 20 heavy (non-hydrogen) atoms. The third kappa shape index (κ3) is 4.39. The Morgan fingerprint density at radius 2 is 1.80 bits per heavy atom. The van der Waals surface area contributed by atoms with Crippen molar-refractivity contribution in [1.29, 1.82) is 0 Å². The van der Waals surface area contributed by atoms with Crippen molar-refractivity contribution in [2.75, 3.05) is 35.6 Å². The number of halogens is 3. The van der Waals surface area contributed by atoms with Crippen molar-refractivity contribution in [3.63, 3.8) is 0 Å². The van der Waals surface area contributed by atoms with E-state index in [1.54, 1.807) is 0 Å². The number of nitrogens with one attached hydrogen (secondary N) is 1. The monoisotopic (exact) mass is 290 g/mol. The number of nitrogens with zero attached hydrogens (tertiary/aromatic N) is 4. The number of piperidine rings is 1. The smallest absolute Gasteiger partial charge is 0.368 e. The molecule has 2 rings (SSSR count). The summed E-state index contributed by atoms with van der Waals surface area (Å²) in [5.74, 6) is 0.518. The first-order valence-corrected chi connectivity index (χ1v) is 6.51. The molecular weight excluding hydrogens is 273 g/mol. The molecule has 112 valence electrons. The first-order chi connectivity index (χ1) is 9.44. The van der Waals surface area contributed by atoms with Crippen LogP contribution >= 0.6 is 0 Å². The van der Waals surface area contributed by atoms with Gasteiger partial charge in [0.1, 0.15) is 0 Å². The molecule has 2 heterocycles. The second-order valence-corrected chi connectivity index (χ2v) is 4.66. The molecule has 0 spiro atoms. The number of alkyl halides is 3. The first-order valence-electron chi connectivity index (χ1n) is 6.51. The number of rotatable bonds is 4. The zero-order valence-corrected chi connectivity index (χ0v) is 10.9. The van der Waals surface area contributed by atoms with Crippen molar-refractivity contribution in [3.05, 3.63) is 0 Å². The Hall–Kier alpha value is -1.80. The fourth-order valence-corrected chi connectivity index (χ4v) is 2.01. The number of hydrogen-bond acceptors (Lipinski definition) is 6. The van der Waals surface area contributed by atoms with Crippen molar-refractivity contribution in [3.8, 4) is 0 Å². The van der Waals surface area contributed by atoms with E-state index in [1.807, 2.05) is 4.90 Å². The lowest BCUT2D eigenvalue weighted by Gasteiger charge is -2.26. The Balaban J connectivity index is 2.00. The molecule has 0 amide bonds. The van der Waals surface area contributed by atoms with Gasteiger partial charge >= 0.3 is 6.18 Å². The summed E-state index contributed by atoms with van der Waals surface area (Å²) in [6, 6.07) is 0. The van der Waals surface area contributed by atoms with Crippen molar-refractivity contribution in [1.82, 2.24) is 15.0 Å². The number of hydrogen-bond donors (Lipinski definition) is 2. The van der Waals surface area contributed by atoms with Crippen LogP contribution in [-0.2, 0) is 0 Å². The van der Waals surface area contributed by atoms with Crippen LogP contribution < -0.4 is 16.0 Å². The highest BCUT2D eigenvalue weighted by molar-refractivity contribution is 5.42. The predicted octanol–water partition coefficient (Wildman–Crippen LogP) is 1.81. The van der Waals surface area contributed by atoms with Gasteiger partial charge in [-0.05, 0) is 19.3 Å². The molecule has 0 unspecified atom stereocenters. The minimum absolute atomic E-state index is 0.00934. The van der Waals surface area contributed by atoms with Crippen LogP contribution in [0.3, 0.4) is 0 Å². The molecule has 0 atom stereocenters. The molecular formula is C11H17F3N6. The van der Waals surface area contributed by atoms with E-state index in [0.29, 0.717) is 5.95 Å². The van der Waals surface area contributed by atoms with Crippen molar-refractivity contribution >= 4 is 17.8 Å². The van der Waals surface area contributed by atoms with Gasteiger partial charge in [0.25, 0.3) is 0 Å². The second-order valence-electron chi connectivity index (χ2n) is 4.66. The van der Waals surface area contributed by atoms with E-state index in [0.717, 1.165) is 32.4 Å². The molecule has 1 aliphatic heterocycles. The van der Waals surface area contributed by atoms with E-state index in [2.05, 4.69) is 20.3 Å². The summed E-state index contributed by atoms with van der Waals surface area (Å²) < 4.78 is 36.2. The molecule has 6 nitrogen and oxygen atoms in total. The quantitative estimate of drug-likeness (QED) is 0.880. The van der Waals surface area contributed by atoms with Gasteiger partial charge < -0.3 is 16.0 Å². The van der Waals surface area contributed by atoms with Crippen LogP contribution in [0.5, 0.6) is 0 Å². The standard InChI is InChI=1S/C11H17F3N6/c12-11(13,14)4-5-16-9-17-8(15)18-10(19-9)20-6-2-1-3-7-20/h1-7H2,(H3,15,16,17,18,19). The van der Waals surface area contributed by atoms with Gasteiger partial charge in [-0.1, -0.05) is 0 Å². The third-order valence-electron chi connectivity index (χ3n) is 2.97. The van der Waals surface area contributed by atoms with Crippen molar-refractivity contribution in [2.45, 2.75) is 31.9 Å². The lowest BCUT2D eigenvalue weighted by Crippen LogP contribution is -2.31. The summed E-state index contributed by atoms with van der Waals surface area (Å²) in [4.78, 5) is 13.9. The largest absolute Gasteiger partial charge is 0.390 e. The van der Waals surface area contributed by atoms with Gasteiger partial charge in [-0.2, -0.15) is 28.1 Å². The van der Waals surface area contributed by atoms with E-state index >= 15 is 0 Å². The van der Waals surface area contributed by atoms with Crippen LogP contribution in [-0.4, -0.2) is 40.8 Å². The Morgan fingerprint density at radius 3 is 2.45 bits per heavy atom. The van der Waals surface area contributed by atoms with Crippen LogP contribution in [0.1, 0.15) is 25.7 Å². The number of nitrogen functional groups attached to an aromatic ring is 1. The number of aromatic nitrogens is 3. The molecule has 1 saturated heterocycles. The van der Waals surface area contributed by atoms with Crippen LogP contribution in [0.25, 0.3) is 0 Å². The Morgan fingerprint density at radius 1 is 1.10 bits per heavy atom. The lowest BCUT2D eigenvalue weighted by atomic mass is 10.1. The molecule has 0 bridgehead atoms. The van der Waals surface area contributed by atoms with Gasteiger partial charge in [0, 0.05) is 19.6 Å². The Labute approximate surface area is 114 Å². The highest BCUT2D eigenvalue weighted by Gasteiger charge is 2.26. The molecule has 0 aromatic carbocycles.